The molecule has 2 aliphatic heterocycles. The van der Waals surface area contributed by atoms with Crippen LogP contribution >= 0.6 is 0 Å². The van der Waals surface area contributed by atoms with Gasteiger partial charge < -0.3 is 9.64 Å². The van der Waals surface area contributed by atoms with Crippen molar-refractivity contribution >= 4 is 38.5 Å². The molecule has 0 unspecified atom stereocenters. The maximum Gasteiger partial charge on any atom is 0.240 e. The number of sulfonamides is 1. The van der Waals surface area contributed by atoms with Crippen LogP contribution in [0, 0.1) is 17.3 Å². The Bertz CT molecular complexity index is 1870. The Kier molecular flexibility index (Phi) is 9.11. The summed E-state index contributed by atoms with van der Waals surface area (Å²) in [6, 6.07) is 20.7. The van der Waals surface area contributed by atoms with Crippen molar-refractivity contribution in [1.82, 2.24) is 14.6 Å². The van der Waals surface area contributed by atoms with Gasteiger partial charge in [0.2, 0.25) is 27.7 Å². The number of ether oxygens (including phenoxy) is 1. The van der Waals surface area contributed by atoms with Crippen LogP contribution in [0.15, 0.2) is 78.9 Å². The number of nitrogens with one attached hydrogen (secondary N) is 1. The number of rotatable bonds is 7. The Labute approximate surface area is 288 Å². The highest BCUT2D eigenvalue weighted by Gasteiger charge is 2.62. The van der Waals surface area contributed by atoms with Crippen molar-refractivity contribution in [2.75, 3.05) is 6.54 Å². The number of amides is 2. The number of carbonyl (C=O) groups is 3. The van der Waals surface area contributed by atoms with E-state index < -0.39 is 38.2 Å². The number of aromatic nitrogens is 1. The van der Waals surface area contributed by atoms with Crippen LogP contribution in [-0.4, -0.2) is 59.3 Å². The van der Waals surface area contributed by atoms with Crippen molar-refractivity contribution in [2.45, 2.75) is 94.4 Å². The number of fused-ring (bicyclic) bond motifs is 3. The number of pyridine rings is 1. The van der Waals surface area contributed by atoms with Gasteiger partial charge in [-0.2, -0.15) is 0 Å². The topological polar surface area (TPSA) is 123 Å². The smallest absolute Gasteiger partial charge is 0.240 e. The van der Waals surface area contributed by atoms with Gasteiger partial charge in [-0.15, -0.1) is 0 Å². The molecule has 1 saturated heterocycles. The summed E-state index contributed by atoms with van der Waals surface area (Å²) in [5.74, 6) is -1.06. The van der Waals surface area contributed by atoms with Gasteiger partial charge in [-0.25, -0.2) is 13.4 Å². The minimum absolute atomic E-state index is 0.0807. The molecule has 10 heteroatoms. The zero-order chi connectivity index (χ0) is 34.2. The number of benzene rings is 2. The summed E-state index contributed by atoms with van der Waals surface area (Å²) in [5, 5.41) is 0.984. The van der Waals surface area contributed by atoms with Crippen LogP contribution in [0.1, 0.15) is 76.7 Å². The molecule has 5 atom stereocenters. The second-order valence-corrected chi connectivity index (χ2v) is 17.0. The van der Waals surface area contributed by atoms with Gasteiger partial charge in [0.1, 0.15) is 6.10 Å². The zero-order valence-corrected chi connectivity index (χ0v) is 28.9. The van der Waals surface area contributed by atoms with Gasteiger partial charge in [-0.05, 0) is 75.5 Å². The lowest BCUT2D eigenvalue weighted by atomic mass is 9.90. The van der Waals surface area contributed by atoms with E-state index in [1.165, 1.54) is 0 Å². The molecule has 3 heterocycles. The molecule has 9 nitrogen and oxygen atoms in total. The third kappa shape index (κ3) is 7.02. The van der Waals surface area contributed by atoms with Gasteiger partial charge in [-0.1, -0.05) is 73.5 Å². The normalized spacial score (nSPS) is 29.2. The van der Waals surface area contributed by atoms with E-state index in [0.29, 0.717) is 38.0 Å². The number of ketones is 1. The fourth-order valence-corrected chi connectivity index (χ4v) is 8.94. The molecule has 0 spiro atoms. The number of para-hydroxylation sites is 1. The fourth-order valence-electron chi connectivity index (χ4n) is 7.60. The molecule has 0 bridgehead atoms. The van der Waals surface area contributed by atoms with E-state index >= 15 is 0 Å². The highest BCUT2D eigenvalue weighted by atomic mass is 32.2. The number of Topliss-reactive ketones (excluding diaryl/α,β-unsaturated/α-hetero) is 1. The number of nitrogens with zero attached hydrogens (tertiary/aromatic N) is 2. The molecule has 258 valence electrons. The molecule has 49 heavy (non-hydrogen) atoms. The first-order chi connectivity index (χ1) is 23.6. The third-order valence-electron chi connectivity index (χ3n) is 11.1. The van der Waals surface area contributed by atoms with Crippen molar-refractivity contribution < 1.29 is 27.5 Å². The van der Waals surface area contributed by atoms with Gasteiger partial charge in [0.15, 0.2) is 5.78 Å². The van der Waals surface area contributed by atoms with Crippen LogP contribution in [0.5, 0.6) is 5.88 Å². The van der Waals surface area contributed by atoms with Crippen molar-refractivity contribution in [3.05, 3.63) is 84.4 Å². The Hall–Kier alpha value is -4.05. The highest BCUT2D eigenvalue weighted by Crippen LogP contribution is 2.57. The molecule has 2 aliphatic carbocycles. The minimum Gasteiger partial charge on any atom is -0.472 e. The van der Waals surface area contributed by atoms with E-state index in [4.69, 9.17) is 4.74 Å². The largest absolute Gasteiger partial charge is 0.472 e. The Morgan fingerprint density at radius 3 is 2.57 bits per heavy atom. The van der Waals surface area contributed by atoms with Gasteiger partial charge in [-0.3, -0.25) is 19.1 Å². The number of allylic oxidation sites excluding steroid dienone is 2. The second kappa shape index (κ2) is 13.3. The predicted molar refractivity (Wildman–Crippen MR) is 187 cm³/mol. The van der Waals surface area contributed by atoms with Crippen LogP contribution in [0.3, 0.4) is 0 Å². The summed E-state index contributed by atoms with van der Waals surface area (Å²) in [7, 11) is -3.88. The molecule has 4 aliphatic rings. The van der Waals surface area contributed by atoms with Crippen LogP contribution in [0.4, 0.5) is 0 Å². The lowest BCUT2D eigenvalue weighted by Gasteiger charge is -2.29. The average Bonchev–Trinajstić information content (AvgIpc) is 3.97. The summed E-state index contributed by atoms with van der Waals surface area (Å²) in [5.41, 5.74) is 0.695. The molecule has 1 N–H and O–H groups in total. The average molecular weight is 684 g/mol. The maximum atomic E-state index is 14.5. The summed E-state index contributed by atoms with van der Waals surface area (Å²) >= 11 is 0. The quantitative estimate of drug-likeness (QED) is 0.307. The molecular weight excluding hydrogens is 639 g/mol. The van der Waals surface area contributed by atoms with E-state index in [9.17, 15) is 22.8 Å². The summed E-state index contributed by atoms with van der Waals surface area (Å²) in [4.78, 5) is 49.1. The molecule has 7 rings (SSSR count). The summed E-state index contributed by atoms with van der Waals surface area (Å²) in [6.07, 6.45) is 10.00. The van der Waals surface area contributed by atoms with Crippen LogP contribution < -0.4 is 9.46 Å². The molecule has 2 amide bonds. The van der Waals surface area contributed by atoms with Crippen LogP contribution in [0.25, 0.3) is 10.9 Å². The summed E-state index contributed by atoms with van der Waals surface area (Å²) < 4.78 is 34.0. The van der Waals surface area contributed by atoms with E-state index in [-0.39, 0.29) is 42.9 Å². The van der Waals surface area contributed by atoms with Gasteiger partial charge in [0.25, 0.3) is 0 Å². The molecule has 2 aromatic carbocycles. The van der Waals surface area contributed by atoms with E-state index in [2.05, 4.69) is 15.8 Å². The standard InChI is InChI=1S/C39H45N3O6S/c1-38(20-21-38)49(46,47)41-37(45)39-24-30(39)16-9-4-2-3-8-15-29(22-27-12-6-5-7-13-27)36(44)42-26-31(23-33(42)34(43)25-39)48-35-19-18-28-14-10-11-17-32(28)40-35/h5-7,9-14,16-19,29-31,33H,2-4,8,15,20-26H2,1H3,(H,41,45)/b16-9-/t29-,30-,31-,33+,39-/m1/s1. The van der Waals surface area contributed by atoms with Gasteiger partial charge in [0.05, 0.1) is 28.3 Å². The summed E-state index contributed by atoms with van der Waals surface area (Å²) in [6.45, 7) is 1.87. The second-order valence-electron chi connectivity index (χ2n) is 14.8. The van der Waals surface area contributed by atoms with Crippen LogP contribution in [0.2, 0.25) is 0 Å². The first kappa shape index (κ1) is 33.4. The lowest BCUT2D eigenvalue weighted by molar-refractivity contribution is -0.142. The SMILES string of the molecule is CC1(S(=O)(=O)NC(=O)[C@]23CC(=O)[C@@H]4C[C@@H](Oc5ccc6ccccc6n5)CN4C(=O)[C@@H](Cc4ccccc4)CCCCC/C=C\[C@@H]2C3)CC1. The molecular formula is C39H45N3O6S. The van der Waals surface area contributed by atoms with Crippen molar-refractivity contribution in [3.63, 3.8) is 0 Å². The number of hydrogen-bond acceptors (Lipinski definition) is 7. The van der Waals surface area contributed by atoms with Gasteiger partial charge >= 0.3 is 0 Å². The molecule has 0 radical (unpaired) electrons. The monoisotopic (exact) mass is 683 g/mol. The number of hydrogen-bond donors (Lipinski definition) is 1. The number of carbonyl (C=O) groups excluding carboxylic acids is 3. The van der Waals surface area contributed by atoms with Gasteiger partial charge in [0, 0.05) is 30.2 Å². The first-order valence-electron chi connectivity index (χ1n) is 17.7. The van der Waals surface area contributed by atoms with Crippen LogP contribution in [-0.2, 0) is 30.8 Å². The van der Waals surface area contributed by atoms with E-state index in [0.717, 1.165) is 42.1 Å². The zero-order valence-electron chi connectivity index (χ0n) is 28.1. The predicted octanol–water partition coefficient (Wildman–Crippen LogP) is 5.93. The molecule has 3 aromatic rings. The van der Waals surface area contributed by atoms with Crippen molar-refractivity contribution in [2.24, 2.45) is 17.3 Å². The minimum atomic E-state index is -3.88. The first-order valence-corrected chi connectivity index (χ1v) is 19.2. The molecule has 3 fully saturated rings. The van der Waals surface area contributed by atoms with E-state index in [1.807, 2.05) is 72.8 Å². The highest BCUT2D eigenvalue weighted by molar-refractivity contribution is 7.91. The van der Waals surface area contributed by atoms with Crippen molar-refractivity contribution in [1.29, 1.82) is 0 Å². The lowest BCUT2D eigenvalue weighted by Crippen LogP contribution is -2.47. The molecule has 2 saturated carbocycles. The Morgan fingerprint density at radius 1 is 1.00 bits per heavy atom. The Balaban J connectivity index is 1.18. The fraction of sp³-hybridized carbons (Fsp3) is 0.487. The molecule has 1 aromatic heterocycles. The maximum absolute atomic E-state index is 14.5. The third-order valence-corrected chi connectivity index (χ3v) is 13.3. The van der Waals surface area contributed by atoms with Crippen molar-refractivity contribution in [3.8, 4) is 5.88 Å². The Morgan fingerprint density at radius 2 is 1.78 bits per heavy atom. The van der Waals surface area contributed by atoms with E-state index in [1.54, 1.807) is 11.8 Å².